The molecule has 2 bridgehead atoms. The average Bonchev–Trinajstić information content (AvgIpc) is 3.40. The number of carbonyl (C=O) groups excluding carboxylic acids is 1. The zero-order valence-corrected chi connectivity index (χ0v) is 18.1. The lowest BCUT2D eigenvalue weighted by Gasteiger charge is -2.28. The molecule has 2 heterocycles. The van der Waals surface area contributed by atoms with Crippen LogP contribution in [0, 0.1) is 11.8 Å². The number of ether oxygens (including phenoxy) is 1. The zero-order chi connectivity index (χ0) is 22.5. The van der Waals surface area contributed by atoms with E-state index in [9.17, 15) is 9.59 Å². The highest BCUT2D eigenvalue weighted by molar-refractivity contribution is 5.87. The Kier molecular flexibility index (Phi) is 7.19. The molecule has 0 radical (unpaired) electrons. The van der Waals surface area contributed by atoms with E-state index < -0.39 is 12.0 Å². The van der Waals surface area contributed by atoms with Crippen LogP contribution in [0.5, 0.6) is 0 Å². The van der Waals surface area contributed by atoms with Gasteiger partial charge in [-0.2, -0.15) is 0 Å². The van der Waals surface area contributed by atoms with Crippen molar-refractivity contribution < 1.29 is 19.4 Å². The molecule has 5 atom stereocenters. The maximum absolute atomic E-state index is 12.4. The molecule has 7 heteroatoms. The molecule has 1 amide bonds. The molecule has 5 N–H and O–H groups in total. The van der Waals surface area contributed by atoms with Crippen LogP contribution in [0.2, 0.25) is 0 Å². The molecule has 0 aliphatic carbocycles. The van der Waals surface area contributed by atoms with Crippen molar-refractivity contribution in [3.8, 4) is 0 Å². The van der Waals surface area contributed by atoms with Crippen molar-refractivity contribution in [1.29, 1.82) is 0 Å². The topological polar surface area (TPSA) is 114 Å². The second-order valence-electron chi connectivity index (χ2n) is 8.83. The number of hydrazine groups is 1. The van der Waals surface area contributed by atoms with E-state index in [0.29, 0.717) is 30.4 Å². The van der Waals surface area contributed by atoms with E-state index in [4.69, 9.17) is 15.6 Å². The van der Waals surface area contributed by atoms with Crippen molar-refractivity contribution in [3.05, 3.63) is 71.3 Å². The van der Waals surface area contributed by atoms with Crippen LogP contribution in [-0.4, -0.2) is 41.8 Å². The number of rotatable bonds is 10. The third kappa shape index (κ3) is 5.35. The minimum Gasteiger partial charge on any atom is -0.478 e. The van der Waals surface area contributed by atoms with Crippen LogP contribution in [0.15, 0.2) is 54.6 Å². The number of hydrogen-bond acceptors (Lipinski definition) is 5. The Balaban J connectivity index is 1.25. The number of amides is 1. The number of nitrogens with one attached hydrogen (secondary N) is 2. The monoisotopic (exact) mass is 437 g/mol. The van der Waals surface area contributed by atoms with Gasteiger partial charge in [0, 0.05) is 12.5 Å². The summed E-state index contributed by atoms with van der Waals surface area (Å²) < 4.78 is 6.17. The SMILES string of the molecule is N[C@@H](Cc1ccccc1)C(=O)NNC[C@@H]1[C@@H](CCc2ccc(C(=O)O)cc2)[C@H]2CC[C@@H]1O2. The highest BCUT2D eigenvalue weighted by Gasteiger charge is 2.48. The van der Waals surface area contributed by atoms with Crippen LogP contribution < -0.4 is 16.6 Å². The number of benzene rings is 2. The Morgan fingerprint density at radius 2 is 1.69 bits per heavy atom. The summed E-state index contributed by atoms with van der Waals surface area (Å²) in [5.41, 5.74) is 14.4. The van der Waals surface area contributed by atoms with Crippen molar-refractivity contribution in [2.75, 3.05) is 6.54 Å². The fourth-order valence-electron chi connectivity index (χ4n) is 5.01. The molecule has 0 aromatic heterocycles. The van der Waals surface area contributed by atoms with Gasteiger partial charge in [-0.15, -0.1) is 0 Å². The third-order valence-corrected chi connectivity index (χ3v) is 6.74. The minimum atomic E-state index is -0.908. The van der Waals surface area contributed by atoms with E-state index in [-0.39, 0.29) is 18.1 Å². The molecule has 2 fully saturated rings. The molecule has 0 spiro atoms. The zero-order valence-electron chi connectivity index (χ0n) is 18.1. The molecular formula is C25H31N3O4. The van der Waals surface area contributed by atoms with Crippen LogP contribution in [0.1, 0.15) is 40.7 Å². The molecule has 2 aromatic carbocycles. The molecule has 2 aliphatic rings. The number of aromatic carboxylic acids is 1. The highest BCUT2D eigenvalue weighted by atomic mass is 16.5. The maximum atomic E-state index is 12.4. The van der Waals surface area contributed by atoms with Crippen molar-refractivity contribution in [2.24, 2.45) is 17.6 Å². The van der Waals surface area contributed by atoms with E-state index in [1.54, 1.807) is 12.1 Å². The molecule has 2 aliphatic heterocycles. The van der Waals surface area contributed by atoms with Crippen LogP contribution in [0.4, 0.5) is 0 Å². The standard InChI is InChI=1S/C25H31N3O4/c26-21(14-17-4-2-1-3-5-17)24(29)28-27-15-20-19(22-12-13-23(20)32-22)11-8-16-6-9-18(10-7-16)25(30)31/h1-7,9-10,19-23,27H,8,11-15,26H2,(H,28,29)(H,30,31)/t19-,20-,21+,22-,23+/m1/s1. The van der Waals surface area contributed by atoms with Gasteiger partial charge in [-0.25, -0.2) is 10.2 Å². The second kappa shape index (κ2) is 10.3. The smallest absolute Gasteiger partial charge is 0.335 e. The first-order valence-corrected chi connectivity index (χ1v) is 11.3. The van der Waals surface area contributed by atoms with Gasteiger partial charge in [-0.05, 0) is 61.3 Å². The fourth-order valence-corrected chi connectivity index (χ4v) is 5.01. The first-order valence-electron chi connectivity index (χ1n) is 11.3. The number of carboxylic acid groups (broad SMARTS) is 1. The van der Waals surface area contributed by atoms with Gasteiger partial charge in [-0.1, -0.05) is 42.5 Å². The van der Waals surface area contributed by atoms with Crippen molar-refractivity contribution >= 4 is 11.9 Å². The highest BCUT2D eigenvalue weighted by Crippen LogP contribution is 2.45. The predicted octanol–water partition coefficient (Wildman–Crippen LogP) is 2.30. The summed E-state index contributed by atoms with van der Waals surface area (Å²) in [5, 5.41) is 9.05. The van der Waals surface area contributed by atoms with Gasteiger partial charge in [0.05, 0.1) is 23.8 Å². The van der Waals surface area contributed by atoms with Gasteiger partial charge in [0.2, 0.25) is 0 Å². The normalized spacial score (nSPS) is 24.9. The number of carboxylic acids is 1. The Hall–Kier alpha value is -2.74. The quantitative estimate of drug-likeness (QED) is 0.424. The number of hydrogen-bond donors (Lipinski definition) is 4. The molecule has 2 saturated heterocycles. The number of aryl methyl sites for hydroxylation is 1. The average molecular weight is 438 g/mol. The molecule has 170 valence electrons. The van der Waals surface area contributed by atoms with Crippen LogP contribution in [-0.2, 0) is 22.4 Å². The fraction of sp³-hybridized carbons (Fsp3) is 0.440. The molecule has 7 nitrogen and oxygen atoms in total. The summed E-state index contributed by atoms with van der Waals surface area (Å²) in [6.07, 6.45) is 4.97. The summed E-state index contributed by atoms with van der Waals surface area (Å²) >= 11 is 0. The minimum absolute atomic E-state index is 0.215. The molecular weight excluding hydrogens is 406 g/mol. The van der Waals surface area contributed by atoms with Crippen LogP contribution >= 0.6 is 0 Å². The Morgan fingerprint density at radius 3 is 2.38 bits per heavy atom. The summed E-state index contributed by atoms with van der Waals surface area (Å²) in [4.78, 5) is 23.4. The first kappa shape index (κ1) is 22.5. The second-order valence-corrected chi connectivity index (χ2v) is 8.83. The number of carbonyl (C=O) groups is 2. The van der Waals surface area contributed by atoms with Gasteiger partial charge < -0.3 is 15.6 Å². The van der Waals surface area contributed by atoms with E-state index in [1.165, 1.54) is 0 Å². The Morgan fingerprint density at radius 1 is 1.00 bits per heavy atom. The van der Waals surface area contributed by atoms with Gasteiger partial charge in [0.1, 0.15) is 0 Å². The molecule has 0 saturated carbocycles. The summed E-state index contributed by atoms with van der Waals surface area (Å²) in [7, 11) is 0. The summed E-state index contributed by atoms with van der Waals surface area (Å²) in [6.45, 7) is 0.646. The Bertz CT molecular complexity index is 919. The summed E-state index contributed by atoms with van der Waals surface area (Å²) in [6, 6.07) is 16.2. The van der Waals surface area contributed by atoms with E-state index in [0.717, 1.165) is 36.8 Å². The molecule has 32 heavy (non-hydrogen) atoms. The van der Waals surface area contributed by atoms with E-state index in [1.807, 2.05) is 42.5 Å². The lowest BCUT2D eigenvalue weighted by atomic mass is 9.76. The summed E-state index contributed by atoms with van der Waals surface area (Å²) in [5.74, 6) is -0.379. The predicted molar refractivity (Wildman–Crippen MR) is 121 cm³/mol. The van der Waals surface area contributed by atoms with Crippen molar-refractivity contribution in [1.82, 2.24) is 10.9 Å². The van der Waals surface area contributed by atoms with E-state index in [2.05, 4.69) is 10.9 Å². The lowest BCUT2D eigenvalue weighted by molar-refractivity contribution is -0.123. The van der Waals surface area contributed by atoms with Gasteiger partial charge in [0.15, 0.2) is 0 Å². The van der Waals surface area contributed by atoms with Gasteiger partial charge >= 0.3 is 5.97 Å². The first-order chi connectivity index (χ1) is 15.5. The molecule has 2 aromatic rings. The largest absolute Gasteiger partial charge is 0.478 e. The van der Waals surface area contributed by atoms with Crippen LogP contribution in [0.3, 0.4) is 0 Å². The van der Waals surface area contributed by atoms with Crippen molar-refractivity contribution in [2.45, 2.75) is 50.4 Å². The molecule has 4 rings (SSSR count). The number of nitrogens with two attached hydrogens (primary N) is 1. The maximum Gasteiger partial charge on any atom is 0.335 e. The number of fused-ring (bicyclic) bond motifs is 2. The van der Waals surface area contributed by atoms with E-state index >= 15 is 0 Å². The lowest BCUT2D eigenvalue weighted by Crippen LogP contribution is -2.50. The van der Waals surface area contributed by atoms with Crippen molar-refractivity contribution in [3.63, 3.8) is 0 Å². The van der Waals surface area contributed by atoms with Gasteiger partial charge in [0.25, 0.3) is 5.91 Å². The van der Waals surface area contributed by atoms with Crippen LogP contribution in [0.25, 0.3) is 0 Å². The third-order valence-electron chi connectivity index (χ3n) is 6.74. The molecule has 0 unspecified atom stereocenters. The van der Waals surface area contributed by atoms with Gasteiger partial charge in [-0.3, -0.25) is 10.2 Å². The Labute approximate surface area is 188 Å².